The maximum Gasteiger partial charge on any atom is 0.224 e. The SMILES string of the molecule is CC(=O)N(CCNC(=O)Cc1ccccc1)c1cccc(Br)c1. The van der Waals surface area contributed by atoms with Gasteiger partial charge in [-0.15, -0.1) is 0 Å². The summed E-state index contributed by atoms with van der Waals surface area (Å²) in [6.07, 6.45) is 0.345. The summed E-state index contributed by atoms with van der Waals surface area (Å²) >= 11 is 3.40. The number of hydrogen-bond donors (Lipinski definition) is 1. The van der Waals surface area contributed by atoms with E-state index in [0.29, 0.717) is 19.5 Å². The quantitative estimate of drug-likeness (QED) is 0.843. The third-order valence-corrected chi connectivity index (χ3v) is 3.86. The molecule has 2 aromatic carbocycles. The predicted octanol–water partition coefficient (Wildman–Crippen LogP) is 3.16. The highest BCUT2D eigenvalue weighted by atomic mass is 79.9. The van der Waals surface area contributed by atoms with Gasteiger partial charge in [-0.2, -0.15) is 0 Å². The minimum atomic E-state index is -0.0552. The van der Waals surface area contributed by atoms with Gasteiger partial charge in [0, 0.05) is 30.2 Å². The number of nitrogens with one attached hydrogen (secondary N) is 1. The van der Waals surface area contributed by atoms with Crippen molar-refractivity contribution in [2.75, 3.05) is 18.0 Å². The van der Waals surface area contributed by atoms with Crippen molar-refractivity contribution in [1.29, 1.82) is 0 Å². The average molecular weight is 375 g/mol. The van der Waals surface area contributed by atoms with Crippen LogP contribution in [0.1, 0.15) is 12.5 Å². The third kappa shape index (κ3) is 5.53. The molecule has 2 rings (SSSR count). The summed E-state index contributed by atoms with van der Waals surface area (Å²) in [5, 5.41) is 2.86. The summed E-state index contributed by atoms with van der Waals surface area (Å²) in [6, 6.07) is 17.1. The zero-order valence-electron chi connectivity index (χ0n) is 13.0. The Hall–Kier alpha value is -2.14. The van der Waals surface area contributed by atoms with Crippen molar-refractivity contribution in [3.63, 3.8) is 0 Å². The van der Waals surface area contributed by atoms with Crippen LogP contribution in [-0.4, -0.2) is 24.9 Å². The van der Waals surface area contributed by atoms with E-state index in [9.17, 15) is 9.59 Å². The van der Waals surface area contributed by atoms with Gasteiger partial charge in [0.2, 0.25) is 11.8 Å². The Morgan fingerprint density at radius 1 is 1.09 bits per heavy atom. The molecule has 0 aliphatic carbocycles. The Bertz CT molecular complexity index is 674. The van der Waals surface area contributed by atoms with E-state index in [1.807, 2.05) is 54.6 Å². The topological polar surface area (TPSA) is 49.4 Å². The fourth-order valence-electron chi connectivity index (χ4n) is 2.26. The van der Waals surface area contributed by atoms with Crippen molar-refractivity contribution < 1.29 is 9.59 Å². The molecule has 0 aliphatic rings. The van der Waals surface area contributed by atoms with Crippen LogP contribution in [0.5, 0.6) is 0 Å². The normalized spacial score (nSPS) is 10.2. The fourth-order valence-corrected chi connectivity index (χ4v) is 2.65. The first kappa shape index (κ1) is 17.2. The van der Waals surface area contributed by atoms with Crippen LogP contribution >= 0.6 is 15.9 Å². The molecule has 2 aromatic rings. The number of carbonyl (C=O) groups excluding carboxylic acids is 2. The molecule has 23 heavy (non-hydrogen) atoms. The van der Waals surface area contributed by atoms with Crippen LogP contribution in [0.4, 0.5) is 5.69 Å². The van der Waals surface area contributed by atoms with Gasteiger partial charge >= 0.3 is 0 Å². The van der Waals surface area contributed by atoms with Gasteiger partial charge in [0.15, 0.2) is 0 Å². The van der Waals surface area contributed by atoms with Crippen LogP contribution in [0, 0.1) is 0 Å². The highest BCUT2D eigenvalue weighted by Gasteiger charge is 2.12. The minimum Gasteiger partial charge on any atom is -0.354 e. The van der Waals surface area contributed by atoms with Gasteiger partial charge in [-0.3, -0.25) is 9.59 Å². The fraction of sp³-hybridized carbons (Fsp3) is 0.222. The molecule has 0 atom stereocenters. The zero-order chi connectivity index (χ0) is 16.7. The Kier molecular flexibility index (Phi) is 6.35. The van der Waals surface area contributed by atoms with Crippen LogP contribution in [0.15, 0.2) is 59.1 Å². The van der Waals surface area contributed by atoms with Crippen LogP contribution < -0.4 is 10.2 Å². The molecule has 0 unspecified atom stereocenters. The Morgan fingerprint density at radius 2 is 1.83 bits per heavy atom. The molecule has 0 saturated heterocycles. The van der Waals surface area contributed by atoms with Gasteiger partial charge in [0.1, 0.15) is 0 Å². The lowest BCUT2D eigenvalue weighted by molar-refractivity contribution is -0.121. The summed E-state index contributed by atoms with van der Waals surface area (Å²) in [4.78, 5) is 25.4. The number of amides is 2. The summed E-state index contributed by atoms with van der Waals surface area (Å²) in [6.45, 7) is 2.37. The van der Waals surface area contributed by atoms with Gasteiger partial charge in [0.05, 0.1) is 6.42 Å². The first-order valence-corrected chi connectivity index (χ1v) is 8.20. The molecule has 0 spiro atoms. The first-order valence-electron chi connectivity index (χ1n) is 7.40. The summed E-state index contributed by atoms with van der Waals surface area (Å²) in [5.74, 6) is -0.102. The van der Waals surface area contributed by atoms with Crippen molar-refractivity contribution in [2.45, 2.75) is 13.3 Å². The maximum atomic E-state index is 11.9. The lowest BCUT2D eigenvalue weighted by Crippen LogP contribution is -2.38. The van der Waals surface area contributed by atoms with E-state index in [1.54, 1.807) is 4.90 Å². The van der Waals surface area contributed by atoms with Crippen LogP contribution in [-0.2, 0) is 16.0 Å². The van der Waals surface area contributed by atoms with Crippen molar-refractivity contribution in [2.24, 2.45) is 0 Å². The predicted molar refractivity (Wildman–Crippen MR) is 95.3 cm³/mol. The average Bonchev–Trinajstić information content (AvgIpc) is 2.52. The monoisotopic (exact) mass is 374 g/mol. The summed E-state index contributed by atoms with van der Waals surface area (Å²) < 4.78 is 0.911. The second-order valence-corrected chi connectivity index (χ2v) is 6.08. The standard InChI is InChI=1S/C18H19BrN2O2/c1-14(22)21(17-9-5-8-16(19)13-17)11-10-20-18(23)12-15-6-3-2-4-7-15/h2-9,13H,10-12H2,1H3,(H,20,23). The number of benzene rings is 2. The number of halogens is 1. The van der Waals surface area contributed by atoms with E-state index in [2.05, 4.69) is 21.2 Å². The molecule has 0 heterocycles. The van der Waals surface area contributed by atoms with Gasteiger partial charge in [-0.1, -0.05) is 52.3 Å². The molecular weight excluding hydrogens is 356 g/mol. The molecule has 0 fully saturated rings. The maximum absolute atomic E-state index is 11.9. The number of anilines is 1. The van der Waals surface area contributed by atoms with E-state index >= 15 is 0 Å². The molecule has 0 aliphatic heterocycles. The van der Waals surface area contributed by atoms with Crippen molar-refractivity contribution in [3.8, 4) is 0 Å². The van der Waals surface area contributed by atoms with Crippen LogP contribution in [0.2, 0.25) is 0 Å². The van der Waals surface area contributed by atoms with Crippen molar-refractivity contribution in [1.82, 2.24) is 5.32 Å². The van der Waals surface area contributed by atoms with Gasteiger partial charge in [-0.05, 0) is 23.8 Å². The van der Waals surface area contributed by atoms with E-state index in [4.69, 9.17) is 0 Å². The zero-order valence-corrected chi connectivity index (χ0v) is 14.5. The van der Waals surface area contributed by atoms with Crippen LogP contribution in [0.25, 0.3) is 0 Å². The van der Waals surface area contributed by atoms with E-state index in [1.165, 1.54) is 6.92 Å². The molecular formula is C18H19BrN2O2. The molecule has 0 radical (unpaired) electrons. The van der Waals surface area contributed by atoms with Gasteiger partial charge < -0.3 is 10.2 Å². The molecule has 2 amide bonds. The van der Waals surface area contributed by atoms with E-state index in [-0.39, 0.29) is 11.8 Å². The lowest BCUT2D eigenvalue weighted by atomic mass is 10.1. The molecule has 0 saturated carbocycles. The van der Waals surface area contributed by atoms with E-state index in [0.717, 1.165) is 15.7 Å². The smallest absolute Gasteiger partial charge is 0.224 e. The highest BCUT2D eigenvalue weighted by Crippen LogP contribution is 2.19. The summed E-state index contributed by atoms with van der Waals surface area (Å²) in [5.41, 5.74) is 1.78. The lowest BCUT2D eigenvalue weighted by Gasteiger charge is -2.21. The number of rotatable bonds is 6. The second-order valence-electron chi connectivity index (χ2n) is 5.16. The van der Waals surface area contributed by atoms with Gasteiger partial charge in [0.25, 0.3) is 0 Å². The molecule has 4 nitrogen and oxygen atoms in total. The number of nitrogens with zero attached hydrogens (tertiary/aromatic N) is 1. The Labute approximate surface area is 144 Å². The van der Waals surface area contributed by atoms with Crippen molar-refractivity contribution >= 4 is 33.4 Å². The molecule has 5 heteroatoms. The van der Waals surface area contributed by atoms with Gasteiger partial charge in [-0.25, -0.2) is 0 Å². The third-order valence-electron chi connectivity index (χ3n) is 3.37. The largest absolute Gasteiger partial charge is 0.354 e. The first-order chi connectivity index (χ1) is 11.1. The van der Waals surface area contributed by atoms with E-state index < -0.39 is 0 Å². The highest BCUT2D eigenvalue weighted by molar-refractivity contribution is 9.10. The second kappa shape index (κ2) is 8.48. The Balaban J connectivity index is 1.87. The van der Waals surface area contributed by atoms with Crippen LogP contribution in [0.3, 0.4) is 0 Å². The molecule has 1 N–H and O–H groups in total. The minimum absolute atomic E-state index is 0.0473. The number of hydrogen-bond acceptors (Lipinski definition) is 2. The number of carbonyl (C=O) groups is 2. The molecule has 0 aromatic heterocycles. The van der Waals surface area contributed by atoms with Crippen molar-refractivity contribution in [3.05, 3.63) is 64.6 Å². The molecule has 120 valence electrons. The molecule has 0 bridgehead atoms. The Morgan fingerprint density at radius 3 is 2.48 bits per heavy atom. The summed E-state index contributed by atoms with van der Waals surface area (Å²) in [7, 11) is 0.